The minimum Gasteiger partial charge on any atom is -0.508 e. The highest BCUT2D eigenvalue weighted by molar-refractivity contribution is 5.98. The minimum absolute atomic E-state index is 0.0839. The van der Waals surface area contributed by atoms with Crippen molar-refractivity contribution >= 4 is 11.6 Å². The molecule has 0 saturated carbocycles. The number of hydrogen-bond acceptors (Lipinski definition) is 4. The van der Waals surface area contributed by atoms with E-state index < -0.39 is 10.8 Å². The third-order valence-electron chi connectivity index (χ3n) is 3.25. The molecule has 2 N–H and O–H groups in total. The van der Waals surface area contributed by atoms with Gasteiger partial charge in [0, 0.05) is 12.1 Å². The van der Waals surface area contributed by atoms with Gasteiger partial charge < -0.3 is 10.4 Å². The van der Waals surface area contributed by atoms with Crippen molar-refractivity contribution in [3.8, 4) is 5.75 Å². The molecule has 0 bridgehead atoms. The summed E-state index contributed by atoms with van der Waals surface area (Å²) in [5.41, 5.74) is -0.429. The number of phenolic OH excluding ortho intramolecular Hbond substituents is 1. The Morgan fingerprint density at radius 3 is 2.65 bits per heavy atom. The number of phenols is 1. The van der Waals surface area contributed by atoms with E-state index in [1.54, 1.807) is 0 Å². The summed E-state index contributed by atoms with van der Waals surface area (Å²) in [6, 6.07) is 3.35. The molecule has 0 aliphatic carbocycles. The van der Waals surface area contributed by atoms with Crippen LogP contribution in [0.3, 0.4) is 0 Å². The van der Waals surface area contributed by atoms with Crippen molar-refractivity contribution in [1.82, 2.24) is 5.32 Å². The Kier molecular flexibility index (Phi) is 5.49. The predicted molar refractivity (Wildman–Crippen MR) is 75.8 cm³/mol. The number of nitrogens with zero attached hydrogens (tertiary/aromatic N) is 1. The van der Waals surface area contributed by atoms with Gasteiger partial charge in [0.2, 0.25) is 0 Å². The van der Waals surface area contributed by atoms with Gasteiger partial charge in [0.15, 0.2) is 0 Å². The molecule has 6 heteroatoms. The van der Waals surface area contributed by atoms with Crippen LogP contribution in [0.25, 0.3) is 0 Å². The van der Waals surface area contributed by atoms with Crippen LogP contribution < -0.4 is 5.32 Å². The molecule has 1 rings (SSSR count). The van der Waals surface area contributed by atoms with Crippen LogP contribution in [0, 0.1) is 16.0 Å². The first kappa shape index (κ1) is 15.9. The van der Waals surface area contributed by atoms with Crippen LogP contribution in [-0.2, 0) is 0 Å². The Balaban J connectivity index is 2.86. The summed E-state index contributed by atoms with van der Waals surface area (Å²) in [5, 5.41) is 23.0. The lowest BCUT2D eigenvalue weighted by Crippen LogP contribution is -2.34. The molecule has 1 aromatic rings. The molecule has 110 valence electrons. The first-order valence-electron chi connectivity index (χ1n) is 6.63. The molecule has 0 saturated heterocycles. The van der Waals surface area contributed by atoms with E-state index in [1.807, 2.05) is 6.92 Å². The molecule has 1 aromatic carbocycles. The molecule has 0 aromatic heterocycles. The van der Waals surface area contributed by atoms with Crippen LogP contribution >= 0.6 is 0 Å². The summed E-state index contributed by atoms with van der Waals surface area (Å²) in [7, 11) is 0. The fourth-order valence-corrected chi connectivity index (χ4v) is 2.00. The molecule has 0 spiro atoms. The van der Waals surface area contributed by atoms with Crippen LogP contribution in [0.15, 0.2) is 18.2 Å². The molecule has 0 fully saturated rings. The van der Waals surface area contributed by atoms with Crippen molar-refractivity contribution in [2.75, 3.05) is 0 Å². The maximum absolute atomic E-state index is 12.1. The average Bonchev–Trinajstić information content (AvgIpc) is 2.37. The Bertz CT molecular complexity index is 502. The lowest BCUT2D eigenvalue weighted by molar-refractivity contribution is -0.385. The lowest BCUT2D eigenvalue weighted by atomic mass is 10.00. The van der Waals surface area contributed by atoms with E-state index in [1.165, 1.54) is 6.07 Å². The second-order valence-electron chi connectivity index (χ2n) is 5.08. The highest BCUT2D eigenvalue weighted by atomic mass is 16.6. The molecule has 0 heterocycles. The van der Waals surface area contributed by atoms with Crippen molar-refractivity contribution in [3.05, 3.63) is 33.9 Å². The van der Waals surface area contributed by atoms with E-state index in [0.29, 0.717) is 5.92 Å². The molecule has 0 aliphatic rings. The van der Waals surface area contributed by atoms with Crippen LogP contribution in [0.2, 0.25) is 0 Å². The molecule has 0 radical (unpaired) electrons. The SMILES string of the molecule is CCC(C)CC(C)NC(=O)c1cc(O)ccc1[N+](=O)[O-]. The zero-order valence-electron chi connectivity index (χ0n) is 11.9. The first-order valence-corrected chi connectivity index (χ1v) is 6.63. The quantitative estimate of drug-likeness (QED) is 0.619. The topological polar surface area (TPSA) is 92.5 Å². The van der Waals surface area contributed by atoms with Crippen LogP contribution in [0.1, 0.15) is 44.0 Å². The predicted octanol–water partition coefficient (Wildman–Crippen LogP) is 2.85. The molecular formula is C14H20N2O4. The zero-order valence-corrected chi connectivity index (χ0v) is 11.9. The number of amides is 1. The summed E-state index contributed by atoms with van der Waals surface area (Å²) in [4.78, 5) is 22.3. The Labute approximate surface area is 118 Å². The highest BCUT2D eigenvalue weighted by Gasteiger charge is 2.22. The summed E-state index contributed by atoms with van der Waals surface area (Å²) in [6.07, 6.45) is 1.81. The first-order chi connectivity index (χ1) is 9.35. The van der Waals surface area contributed by atoms with Crippen LogP contribution in [0.5, 0.6) is 5.75 Å². The third-order valence-corrected chi connectivity index (χ3v) is 3.25. The van der Waals surface area contributed by atoms with E-state index in [2.05, 4.69) is 19.2 Å². The van der Waals surface area contributed by atoms with Gasteiger partial charge in [-0.25, -0.2) is 0 Å². The number of nitrogens with one attached hydrogen (secondary N) is 1. The lowest BCUT2D eigenvalue weighted by Gasteiger charge is -2.17. The van der Waals surface area contributed by atoms with Crippen molar-refractivity contribution in [2.24, 2.45) is 5.92 Å². The van der Waals surface area contributed by atoms with Crippen molar-refractivity contribution in [1.29, 1.82) is 0 Å². The molecule has 20 heavy (non-hydrogen) atoms. The van der Waals surface area contributed by atoms with E-state index in [4.69, 9.17) is 0 Å². The van der Waals surface area contributed by atoms with E-state index in [-0.39, 0.29) is 23.0 Å². The average molecular weight is 280 g/mol. The zero-order chi connectivity index (χ0) is 15.3. The summed E-state index contributed by atoms with van der Waals surface area (Å²) >= 11 is 0. The largest absolute Gasteiger partial charge is 0.508 e. The Morgan fingerprint density at radius 2 is 2.10 bits per heavy atom. The number of nitro groups is 1. The maximum Gasteiger partial charge on any atom is 0.282 e. The smallest absolute Gasteiger partial charge is 0.282 e. The third kappa shape index (κ3) is 4.22. The van der Waals surface area contributed by atoms with Crippen molar-refractivity contribution in [2.45, 2.75) is 39.7 Å². The molecule has 2 unspecified atom stereocenters. The number of aromatic hydroxyl groups is 1. The Hall–Kier alpha value is -2.11. The number of nitro benzene ring substituents is 1. The number of hydrogen-bond donors (Lipinski definition) is 2. The molecule has 0 aliphatic heterocycles. The van der Waals surface area contributed by atoms with E-state index >= 15 is 0 Å². The number of carbonyl (C=O) groups excluding carboxylic acids is 1. The van der Waals surface area contributed by atoms with Crippen molar-refractivity contribution < 1.29 is 14.8 Å². The Morgan fingerprint density at radius 1 is 1.45 bits per heavy atom. The molecular weight excluding hydrogens is 260 g/mol. The van der Waals surface area contributed by atoms with E-state index in [9.17, 15) is 20.0 Å². The van der Waals surface area contributed by atoms with Gasteiger partial charge in [0.05, 0.1) is 4.92 Å². The number of benzene rings is 1. The van der Waals surface area contributed by atoms with Gasteiger partial charge in [-0.1, -0.05) is 20.3 Å². The summed E-state index contributed by atoms with van der Waals surface area (Å²) < 4.78 is 0. The summed E-state index contributed by atoms with van der Waals surface area (Å²) in [5.74, 6) is -0.247. The van der Waals surface area contributed by atoms with E-state index in [0.717, 1.165) is 25.0 Å². The highest BCUT2D eigenvalue weighted by Crippen LogP contribution is 2.23. The summed E-state index contributed by atoms with van der Waals surface area (Å²) in [6.45, 7) is 6.01. The van der Waals surface area contributed by atoms with Gasteiger partial charge in [-0.15, -0.1) is 0 Å². The van der Waals surface area contributed by atoms with Crippen LogP contribution in [0.4, 0.5) is 5.69 Å². The van der Waals surface area contributed by atoms with Gasteiger partial charge in [-0.2, -0.15) is 0 Å². The standard InChI is InChI=1S/C14H20N2O4/c1-4-9(2)7-10(3)15-14(18)12-8-11(17)5-6-13(12)16(19)20/h5-6,8-10,17H,4,7H2,1-3H3,(H,15,18). The van der Waals surface area contributed by atoms with Gasteiger partial charge in [-0.3, -0.25) is 14.9 Å². The second kappa shape index (κ2) is 6.88. The number of carbonyl (C=O) groups is 1. The van der Waals surface area contributed by atoms with Crippen LogP contribution in [-0.4, -0.2) is 22.0 Å². The normalized spacial score (nSPS) is 13.6. The van der Waals surface area contributed by atoms with Gasteiger partial charge >= 0.3 is 0 Å². The molecule has 1 amide bonds. The number of rotatable bonds is 6. The van der Waals surface area contributed by atoms with Crippen molar-refractivity contribution in [3.63, 3.8) is 0 Å². The fourth-order valence-electron chi connectivity index (χ4n) is 2.00. The van der Waals surface area contributed by atoms with Gasteiger partial charge in [0.25, 0.3) is 11.6 Å². The minimum atomic E-state index is -0.631. The van der Waals surface area contributed by atoms with Gasteiger partial charge in [-0.05, 0) is 31.4 Å². The maximum atomic E-state index is 12.1. The molecule has 6 nitrogen and oxygen atoms in total. The monoisotopic (exact) mass is 280 g/mol. The molecule has 2 atom stereocenters. The second-order valence-corrected chi connectivity index (χ2v) is 5.08. The fraction of sp³-hybridized carbons (Fsp3) is 0.500. The van der Waals surface area contributed by atoms with Gasteiger partial charge in [0.1, 0.15) is 11.3 Å².